The van der Waals surface area contributed by atoms with E-state index in [0.717, 1.165) is 0 Å². The molecule has 0 saturated heterocycles. The molecule has 0 aromatic heterocycles. The Hall–Kier alpha value is 1.10. The van der Waals surface area contributed by atoms with Crippen LogP contribution < -0.4 is 0 Å². The quantitative estimate of drug-likeness (QED) is 0.264. The fourth-order valence-electron chi connectivity index (χ4n) is 0. The second-order valence-electron chi connectivity index (χ2n) is 0.100. The minimum atomic E-state index is 0. The molecule has 1 nitrogen and oxygen atoms in total. The first-order valence-corrected chi connectivity index (χ1v) is 0.894. The summed E-state index contributed by atoms with van der Waals surface area (Å²) in [5.41, 5.74) is 0. The molecule has 0 radical (unpaired) electrons. The van der Waals surface area contributed by atoms with E-state index in [1.807, 2.05) is 0 Å². The number of hydrogen-bond donors (Lipinski definition) is 1. The van der Waals surface area contributed by atoms with Crippen LogP contribution in [-0.2, 0) is 0 Å². The third-order valence-electron chi connectivity index (χ3n) is 0. The van der Waals surface area contributed by atoms with Gasteiger partial charge in [0.05, 0.1) is 0 Å². The van der Waals surface area contributed by atoms with Gasteiger partial charge in [-0.25, -0.2) is 0 Å². The van der Waals surface area contributed by atoms with E-state index in [4.69, 9.17) is 5.26 Å². The minimum absolute atomic E-state index is 0. The molecule has 0 fully saturated rings. The Labute approximate surface area is 63.4 Å². The van der Waals surface area contributed by atoms with E-state index in [1.54, 1.807) is 0 Å². The van der Waals surface area contributed by atoms with Gasteiger partial charge in [0.2, 0.25) is 0 Å². The van der Waals surface area contributed by atoms with Crippen molar-refractivity contribution in [1.82, 2.24) is 0 Å². The van der Waals surface area contributed by atoms with Crippen LogP contribution in [0.1, 0.15) is 2.85 Å². The number of nitrogens with zero attached hydrogens (tertiary/aromatic N) is 1. The fraction of sp³-hybridized carbons (Fsp3) is 0. The first-order chi connectivity index (χ1) is 1.41. The summed E-state index contributed by atoms with van der Waals surface area (Å²) in [6.45, 7) is 0. The molecule has 3 heteroatoms. The van der Waals surface area contributed by atoms with Crippen LogP contribution in [0.2, 0.25) is 0 Å². The first kappa shape index (κ1) is 8.92. The zero-order valence-electron chi connectivity index (χ0n) is 4.10. The van der Waals surface area contributed by atoms with Gasteiger partial charge in [-0.15, -0.1) is 0 Å². The molecule has 0 spiro atoms. The fourth-order valence-corrected chi connectivity index (χ4v) is 0. The van der Waals surface area contributed by atoms with Crippen molar-refractivity contribution < 1.29 is 2.85 Å². The Bertz CT molecular complexity index is 35.0. The molecule has 0 rings (SSSR count). The topological polar surface area (TPSA) is 23.8 Å². The van der Waals surface area contributed by atoms with Gasteiger partial charge in [0.15, 0.2) is 0 Å². The second kappa shape index (κ2) is 8.93. The molecule has 0 aromatic rings. The molecule has 0 unspecified atom stereocenters. The molecular formula is CH3CaNS. The Morgan fingerprint density at radius 3 is 2.00 bits per heavy atom. The number of hydrogen-bond acceptors (Lipinski definition) is 2. The normalized spacial score (nSPS) is 2.00. The summed E-state index contributed by atoms with van der Waals surface area (Å²) >= 11 is 3.09. The molecule has 0 aliphatic carbocycles. The van der Waals surface area contributed by atoms with E-state index in [0.29, 0.717) is 0 Å². The summed E-state index contributed by atoms with van der Waals surface area (Å²) in [7, 11) is 0. The average Bonchev–Trinajstić information content (AvgIpc) is 0.918. The molecule has 0 aliphatic heterocycles. The zero-order valence-corrected chi connectivity index (χ0v) is 5.20. The summed E-state index contributed by atoms with van der Waals surface area (Å²) in [4.78, 5) is 0. The minimum Gasteiger partial charge on any atom is -1.00 e. The zero-order chi connectivity index (χ0) is 2.71. The van der Waals surface area contributed by atoms with Gasteiger partial charge in [-0.1, -0.05) is 12.6 Å². The van der Waals surface area contributed by atoms with Crippen LogP contribution in [0.3, 0.4) is 0 Å². The molecule has 0 aromatic carbocycles. The number of nitriles is 1. The molecule has 0 amide bonds. The van der Waals surface area contributed by atoms with Crippen molar-refractivity contribution in [2.75, 3.05) is 0 Å². The molecule has 0 bridgehead atoms. The molecule has 0 N–H and O–H groups in total. The SMILES string of the molecule is N#CS.[Ca+2].[H-].[H-]. The van der Waals surface area contributed by atoms with Crippen LogP contribution in [0.4, 0.5) is 0 Å². The van der Waals surface area contributed by atoms with Gasteiger partial charge >= 0.3 is 37.7 Å². The number of thiocyanates is 1. The standard InChI is InChI=1S/CHNS.Ca.2H/c2-1-3;;;/h3H;;;/q;+2;2*-1. The third kappa shape index (κ3) is 11.3. The molecule has 0 aliphatic rings. The summed E-state index contributed by atoms with van der Waals surface area (Å²) in [6.07, 6.45) is 0. The van der Waals surface area contributed by atoms with Gasteiger partial charge in [0.1, 0.15) is 5.40 Å². The van der Waals surface area contributed by atoms with Crippen LogP contribution >= 0.6 is 12.6 Å². The van der Waals surface area contributed by atoms with E-state index >= 15 is 0 Å². The van der Waals surface area contributed by atoms with Gasteiger partial charge < -0.3 is 2.85 Å². The Balaban J connectivity index is -0.00000000667. The van der Waals surface area contributed by atoms with Crippen LogP contribution in [-0.4, -0.2) is 37.7 Å². The van der Waals surface area contributed by atoms with E-state index in [1.165, 1.54) is 5.40 Å². The smallest absolute Gasteiger partial charge is 1.00 e. The van der Waals surface area contributed by atoms with Crippen LogP contribution in [0.15, 0.2) is 0 Å². The van der Waals surface area contributed by atoms with Gasteiger partial charge in [-0.05, 0) is 0 Å². The maximum Gasteiger partial charge on any atom is 2.00 e. The molecule has 20 valence electrons. The van der Waals surface area contributed by atoms with Crippen molar-refractivity contribution in [3.8, 4) is 5.40 Å². The molecule has 0 saturated carbocycles. The van der Waals surface area contributed by atoms with Gasteiger partial charge in [-0.2, -0.15) is 5.26 Å². The van der Waals surface area contributed by atoms with E-state index < -0.39 is 0 Å². The number of thiol groups is 1. The van der Waals surface area contributed by atoms with E-state index in [2.05, 4.69) is 12.6 Å². The maximum absolute atomic E-state index is 7.18. The largest absolute Gasteiger partial charge is 2.00 e. The second-order valence-corrected chi connectivity index (χ2v) is 0.300. The van der Waals surface area contributed by atoms with Gasteiger partial charge in [0, 0.05) is 0 Å². The first-order valence-electron chi connectivity index (χ1n) is 0.447. The molecular weight excluding hydrogens is 98.2 g/mol. The van der Waals surface area contributed by atoms with Crippen molar-refractivity contribution in [3.05, 3.63) is 0 Å². The average molecular weight is 101 g/mol. The molecule has 4 heavy (non-hydrogen) atoms. The van der Waals surface area contributed by atoms with Crippen molar-refractivity contribution in [3.63, 3.8) is 0 Å². The molecule has 0 atom stereocenters. The maximum atomic E-state index is 7.18. The van der Waals surface area contributed by atoms with E-state index in [9.17, 15) is 0 Å². The summed E-state index contributed by atoms with van der Waals surface area (Å²) in [5, 5.41) is 8.63. The predicted octanol–water partition coefficient (Wildman–Crippen LogP) is 0.241. The molecule has 0 heterocycles. The van der Waals surface area contributed by atoms with Crippen LogP contribution in [0.25, 0.3) is 0 Å². The summed E-state index contributed by atoms with van der Waals surface area (Å²) < 4.78 is 0. The Morgan fingerprint density at radius 2 is 2.00 bits per heavy atom. The summed E-state index contributed by atoms with van der Waals surface area (Å²) in [6, 6.07) is 0. The van der Waals surface area contributed by atoms with Crippen LogP contribution in [0.5, 0.6) is 0 Å². The monoisotopic (exact) mass is 101 g/mol. The van der Waals surface area contributed by atoms with Crippen molar-refractivity contribution >= 4 is 50.4 Å². The van der Waals surface area contributed by atoms with E-state index in [-0.39, 0.29) is 40.6 Å². The van der Waals surface area contributed by atoms with Crippen molar-refractivity contribution in [2.24, 2.45) is 0 Å². The van der Waals surface area contributed by atoms with Gasteiger partial charge in [-0.3, -0.25) is 0 Å². The van der Waals surface area contributed by atoms with Crippen LogP contribution in [0, 0.1) is 10.7 Å². The van der Waals surface area contributed by atoms with Gasteiger partial charge in [0.25, 0.3) is 0 Å². The van der Waals surface area contributed by atoms with Crippen molar-refractivity contribution in [2.45, 2.75) is 0 Å². The predicted molar refractivity (Wildman–Crippen MR) is 22.6 cm³/mol. The number of rotatable bonds is 0. The Morgan fingerprint density at radius 1 is 2.00 bits per heavy atom. The van der Waals surface area contributed by atoms with Crippen molar-refractivity contribution in [1.29, 1.82) is 5.26 Å². The summed E-state index contributed by atoms with van der Waals surface area (Å²) in [5.74, 6) is 0. The third-order valence-corrected chi connectivity index (χ3v) is 0. The Kier molecular flexibility index (Phi) is 19.9.